The molecule has 2 saturated heterocycles. The molecule has 0 saturated carbocycles. The quantitative estimate of drug-likeness (QED) is 0.832. The molecule has 7 heteroatoms. The maximum atomic E-state index is 13.9. The van der Waals surface area contributed by atoms with Crippen LogP contribution >= 0.6 is 11.3 Å². The van der Waals surface area contributed by atoms with Crippen molar-refractivity contribution < 1.29 is 19.0 Å². The highest BCUT2D eigenvalue weighted by Gasteiger charge is 2.40. The summed E-state index contributed by atoms with van der Waals surface area (Å²) < 4.78 is 19.3. The number of nitrogens with zero attached hydrogens (tertiary/aromatic N) is 2. The van der Waals surface area contributed by atoms with Gasteiger partial charge in [0.2, 0.25) is 5.91 Å². The van der Waals surface area contributed by atoms with Crippen LogP contribution in [0.2, 0.25) is 0 Å². The number of aliphatic hydroxyl groups excluding tert-OH is 1. The lowest BCUT2D eigenvalue weighted by atomic mass is 9.92. The molecule has 1 aromatic carbocycles. The number of rotatable bonds is 5. The molecule has 5 nitrogen and oxygen atoms in total. The van der Waals surface area contributed by atoms with Crippen LogP contribution < -0.4 is 0 Å². The fourth-order valence-corrected chi connectivity index (χ4v) is 5.02. The molecule has 3 heterocycles. The average Bonchev–Trinajstić information content (AvgIpc) is 3.38. The van der Waals surface area contributed by atoms with Crippen LogP contribution in [0.5, 0.6) is 0 Å². The number of ether oxygens (including phenoxy) is 1. The molecule has 150 valence electrons. The molecule has 3 atom stereocenters. The third-order valence-electron chi connectivity index (χ3n) is 5.77. The summed E-state index contributed by atoms with van der Waals surface area (Å²) in [6.45, 7) is 3.55. The van der Waals surface area contributed by atoms with Crippen LogP contribution in [0, 0.1) is 11.7 Å². The van der Waals surface area contributed by atoms with E-state index in [9.17, 15) is 14.3 Å². The van der Waals surface area contributed by atoms with Crippen molar-refractivity contribution in [1.29, 1.82) is 0 Å². The highest BCUT2D eigenvalue weighted by molar-refractivity contribution is 7.08. The second-order valence-corrected chi connectivity index (χ2v) is 8.23. The first-order valence-corrected chi connectivity index (χ1v) is 10.6. The van der Waals surface area contributed by atoms with Crippen molar-refractivity contribution >= 4 is 17.2 Å². The standard InChI is InChI=1S/C21H25FN2O3S/c22-18-3-1-2-15(10-18)20(23-5-7-27-8-6-23)21(26)24-11-17(13-25)19(12-24)16-4-9-28-14-16/h1-4,9-10,14,17,19-20,25H,5-8,11-13H2/t17-,19-,20?/m0/s1. The highest BCUT2D eigenvalue weighted by atomic mass is 32.1. The zero-order valence-electron chi connectivity index (χ0n) is 15.7. The number of hydrogen-bond acceptors (Lipinski definition) is 5. The molecule has 1 amide bonds. The van der Waals surface area contributed by atoms with Gasteiger partial charge in [0, 0.05) is 44.6 Å². The third-order valence-corrected chi connectivity index (χ3v) is 6.47. The fourth-order valence-electron chi connectivity index (χ4n) is 4.29. The molecule has 1 unspecified atom stereocenters. The highest BCUT2D eigenvalue weighted by Crippen LogP contribution is 2.36. The van der Waals surface area contributed by atoms with Gasteiger partial charge in [-0.15, -0.1) is 0 Å². The van der Waals surface area contributed by atoms with E-state index in [1.54, 1.807) is 17.4 Å². The van der Waals surface area contributed by atoms with Gasteiger partial charge in [0.15, 0.2) is 0 Å². The molecule has 2 aliphatic rings. The molecular formula is C21H25FN2O3S. The maximum Gasteiger partial charge on any atom is 0.244 e. The number of amides is 1. The van der Waals surface area contributed by atoms with E-state index in [4.69, 9.17) is 4.74 Å². The third kappa shape index (κ3) is 3.98. The van der Waals surface area contributed by atoms with Gasteiger partial charge in [-0.25, -0.2) is 4.39 Å². The largest absolute Gasteiger partial charge is 0.396 e. The molecule has 0 bridgehead atoms. The van der Waals surface area contributed by atoms with Crippen LogP contribution in [0.15, 0.2) is 41.1 Å². The molecule has 2 aliphatic heterocycles. The number of hydrogen-bond donors (Lipinski definition) is 1. The minimum atomic E-state index is -0.528. The summed E-state index contributed by atoms with van der Waals surface area (Å²) >= 11 is 1.63. The van der Waals surface area contributed by atoms with E-state index in [1.165, 1.54) is 17.7 Å². The molecular weight excluding hydrogens is 379 g/mol. The lowest BCUT2D eigenvalue weighted by Crippen LogP contribution is -2.46. The summed E-state index contributed by atoms with van der Waals surface area (Å²) in [5, 5.41) is 14.0. The normalized spacial score (nSPS) is 24.4. The summed E-state index contributed by atoms with van der Waals surface area (Å²) in [5.74, 6) is -0.201. The van der Waals surface area contributed by atoms with Crippen LogP contribution in [0.4, 0.5) is 4.39 Å². The van der Waals surface area contributed by atoms with E-state index >= 15 is 0 Å². The number of likely N-dealkylation sites (tertiary alicyclic amines) is 1. The first kappa shape index (κ1) is 19.5. The van der Waals surface area contributed by atoms with Gasteiger partial charge in [-0.1, -0.05) is 12.1 Å². The zero-order chi connectivity index (χ0) is 19.5. The Bertz CT molecular complexity index is 795. The predicted molar refractivity (Wildman–Crippen MR) is 106 cm³/mol. The second kappa shape index (κ2) is 8.69. The molecule has 28 heavy (non-hydrogen) atoms. The Labute approximate surface area is 168 Å². The summed E-state index contributed by atoms with van der Waals surface area (Å²) in [6, 6.07) is 7.86. The second-order valence-electron chi connectivity index (χ2n) is 7.45. The van der Waals surface area contributed by atoms with Gasteiger partial charge < -0.3 is 14.7 Å². The Morgan fingerprint density at radius 1 is 1.29 bits per heavy atom. The van der Waals surface area contributed by atoms with Crippen molar-refractivity contribution in [1.82, 2.24) is 9.80 Å². The molecule has 0 aliphatic carbocycles. The number of carbonyl (C=O) groups excluding carboxylic acids is 1. The average molecular weight is 405 g/mol. The molecule has 1 aromatic heterocycles. The van der Waals surface area contributed by atoms with E-state index in [0.717, 1.165) is 0 Å². The lowest BCUT2D eigenvalue weighted by Gasteiger charge is -2.36. The van der Waals surface area contributed by atoms with Gasteiger partial charge in [0.25, 0.3) is 0 Å². The Kier molecular flexibility index (Phi) is 6.06. The Balaban J connectivity index is 1.60. The van der Waals surface area contributed by atoms with Crippen molar-refractivity contribution in [3.8, 4) is 0 Å². The van der Waals surface area contributed by atoms with Crippen LogP contribution in [0.1, 0.15) is 23.1 Å². The van der Waals surface area contributed by atoms with Crippen LogP contribution in [0.25, 0.3) is 0 Å². The SMILES string of the molecule is O=C(C(c1cccc(F)c1)N1CCOCC1)N1C[C@@H](CO)[C@H](c2ccsc2)C1. The van der Waals surface area contributed by atoms with Crippen molar-refractivity contribution in [3.05, 3.63) is 58.0 Å². The van der Waals surface area contributed by atoms with E-state index in [0.29, 0.717) is 45.0 Å². The minimum Gasteiger partial charge on any atom is -0.396 e. The summed E-state index contributed by atoms with van der Waals surface area (Å²) in [5.41, 5.74) is 1.85. The number of benzene rings is 1. The van der Waals surface area contributed by atoms with E-state index in [1.807, 2.05) is 16.3 Å². The van der Waals surface area contributed by atoms with Gasteiger partial charge in [0.1, 0.15) is 11.9 Å². The number of carbonyl (C=O) groups is 1. The molecule has 2 fully saturated rings. The fraction of sp³-hybridized carbons (Fsp3) is 0.476. The summed E-state index contributed by atoms with van der Waals surface area (Å²) in [6.07, 6.45) is 0. The van der Waals surface area contributed by atoms with Crippen molar-refractivity contribution in [2.75, 3.05) is 46.0 Å². The smallest absolute Gasteiger partial charge is 0.244 e. The molecule has 2 aromatic rings. The van der Waals surface area contributed by atoms with Gasteiger partial charge >= 0.3 is 0 Å². The Morgan fingerprint density at radius 3 is 2.79 bits per heavy atom. The van der Waals surface area contributed by atoms with Gasteiger partial charge in [-0.3, -0.25) is 9.69 Å². The van der Waals surface area contributed by atoms with Crippen LogP contribution in [0.3, 0.4) is 0 Å². The first-order chi connectivity index (χ1) is 13.7. The van der Waals surface area contributed by atoms with Gasteiger partial charge in [-0.2, -0.15) is 11.3 Å². The molecule has 0 spiro atoms. The molecule has 0 radical (unpaired) electrons. The van der Waals surface area contributed by atoms with E-state index < -0.39 is 6.04 Å². The number of halogens is 1. The number of morpholine rings is 1. The van der Waals surface area contributed by atoms with Crippen LogP contribution in [-0.2, 0) is 9.53 Å². The minimum absolute atomic E-state index is 0.0244. The Hall–Kier alpha value is -1.80. The lowest BCUT2D eigenvalue weighted by molar-refractivity contribution is -0.138. The van der Waals surface area contributed by atoms with Crippen LogP contribution in [-0.4, -0.2) is 66.8 Å². The van der Waals surface area contributed by atoms with Gasteiger partial charge in [0.05, 0.1) is 13.2 Å². The predicted octanol–water partition coefficient (Wildman–Crippen LogP) is 2.50. The summed E-state index contributed by atoms with van der Waals surface area (Å²) in [4.78, 5) is 17.5. The topological polar surface area (TPSA) is 53.0 Å². The number of thiophene rings is 1. The van der Waals surface area contributed by atoms with E-state index in [-0.39, 0.29) is 30.2 Å². The number of aliphatic hydroxyl groups is 1. The monoisotopic (exact) mass is 404 g/mol. The van der Waals surface area contributed by atoms with E-state index in [2.05, 4.69) is 16.3 Å². The molecule has 4 rings (SSSR count). The zero-order valence-corrected chi connectivity index (χ0v) is 16.5. The van der Waals surface area contributed by atoms with Crippen molar-refractivity contribution in [2.24, 2.45) is 5.92 Å². The summed E-state index contributed by atoms with van der Waals surface area (Å²) in [7, 11) is 0. The van der Waals surface area contributed by atoms with Gasteiger partial charge in [-0.05, 0) is 40.1 Å². The molecule has 1 N–H and O–H groups in total. The maximum absolute atomic E-state index is 13.9. The Morgan fingerprint density at radius 2 is 2.11 bits per heavy atom. The van der Waals surface area contributed by atoms with Crippen molar-refractivity contribution in [3.63, 3.8) is 0 Å². The first-order valence-electron chi connectivity index (χ1n) is 9.66. The van der Waals surface area contributed by atoms with Crippen molar-refractivity contribution in [2.45, 2.75) is 12.0 Å².